The fourth-order valence-corrected chi connectivity index (χ4v) is 5.06. The highest BCUT2D eigenvalue weighted by molar-refractivity contribution is 5.69. The predicted molar refractivity (Wildman–Crippen MR) is 112 cm³/mol. The van der Waals surface area contributed by atoms with Crippen molar-refractivity contribution in [1.82, 2.24) is 14.9 Å². The van der Waals surface area contributed by atoms with E-state index in [-0.39, 0.29) is 36.5 Å². The molecular formula is C23H32N4O4. The Morgan fingerprint density at radius 1 is 1.06 bits per heavy atom. The predicted octanol–water partition coefficient (Wildman–Crippen LogP) is 3.99. The van der Waals surface area contributed by atoms with Crippen LogP contribution in [0.4, 0.5) is 4.79 Å². The van der Waals surface area contributed by atoms with E-state index < -0.39 is 5.60 Å². The van der Waals surface area contributed by atoms with Crippen LogP contribution in [0.2, 0.25) is 0 Å². The summed E-state index contributed by atoms with van der Waals surface area (Å²) in [5, 5.41) is 9.17. The average molecular weight is 429 g/mol. The Morgan fingerprint density at radius 2 is 1.71 bits per heavy atom. The summed E-state index contributed by atoms with van der Waals surface area (Å²) < 4.78 is 18.0. The third-order valence-corrected chi connectivity index (χ3v) is 6.37. The summed E-state index contributed by atoms with van der Waals surface area (Å²) in [7, 11) is 0. The summed E-state index contributed by atoms with van der Waals surface area (Å²) >= 11 is 0. The number of hydrogen-bond acceptors (Lipinski definition) is 7. The molecule has 0 N–H and O–H groups in total. The van der Waals surface area contributed by atoms with Crippen molar-refractivity contribution in [2.24, 2.45) is 0 Å². The Labute approximate surface area is 183 Å². The number of aromatic nitrogens is 2. The molecule has 8 heteroatoms. The normalized spacial score (nSPS) is 30.5. The summed E-state index contributed by atoms with van der Waals surface area (Å²) in [5.41, 5.74) is -0.0993. The third kappa shape index (κ3) is 5.27. The summed E-state index contributed by atoms with van der Waals surface area (Å²) in [6, 6.07) is 2.52. The lowest BCUT2D eigenvalue weighted by molar-refractivity contribution is -0.0814. The molecular weight excluding hydrogens is 396 g/mol. The van der Waals surface area contributed by atoms with E-state index in [9.17, 15) is 4.79 Å². The Bertz CT molecular complexity index is 812. The Morgan fingerprint density at radius 3 is 2.32 bits per heavy atom. The summed E-state index contributed by atoms with van der Waals surface area (Å²) in [4.78, 5) is 22.6. The lowest BCUT2D eigenvalue weighted by Crippen LogP contribution is -2.50. The van der Waals surface area contributed by atoms with Crippen LogP contribution in [-0.4, -0.2) is 57.0 Å². The topological polar surface area (TPSA) is 97.6 Å². The molecule has 3 fully saturated rings. The average Bonchev–Trinajstić information content (AvgIpc) is 3.00. The van der Waals surface area contributed by atoms with Gasteiger partial charge >= 0.3 is 6.09 Å². The highest BCUT2D eigenvalue weighted by atomic mass is 16.6. The molecule has 3 heterocycles. The van der Waals surface area contributed by atoms with Crippen molar-refractivity contribution in [2.45, 2.75) is 108 Å². The number of nitriles is 1. The van der Waals surface area contributed by atoms with Crippen molar-refractivity contribution < 1.29 is 19.0 Å². The van der Waals surface area contributed by atoms with Gasteiger partial charge in [-0.25, -0.2) is 14.8 Å². The molecule has 3 atom stereocenters. The maximum Gasteiger partial charge on any atom is 0.410 e. The number of fused-ring (bicyclic) bond motifs is 2. The van der Waals surface area contributed by atoms with E-state index in [1.807, 2.05) is 25.7 Å². The van der Waals surface area contributed by atoms with Gasteiger partial charge in [-0.3, -0.25) is 0 Å². The van der Waals surface area contributed by atoms with Crippen molar-refractivity contribution in [3.05, 3.63) is 18.1 Å². The Kier molecular flexibility index (Phi) is 6.33. The molecule has 1 saturated carbocycles. The van der Waals surface area contributed by atoms with Gasteiger partial charge in [0.1, 0.15) is 29.7 Å². The molecule has 8 nitrogen and oxygen atoms in total. The fraction of sp³-hybridized carbons (Fsp3) is 0.739. The zero-order chi connectivity index (χ0) is 22.0. The quantitative estimate of drug-likeness (QED) is 0.715. The van der Waals surface area contributed by atoms with Crippen molar-refractivity contribution in [2.75, 3.05) is 0 Å². The van der Waals surface area contributed by atoms with Gasteiger partial charge in [-0.15, -0.1) is 0 Å². The van der Waals surface area contributed by atoms with Crippen LogP contribution < -0.4 is 4.74 Å². The van der Waals surface area contributed by atoms with Gasteiger partial charge in [-0.2, -0.15) is 5.26 Å². The van der Waals surface area contributed by atoms with E-state index in [1.165, 1.54) is 12.5 Å². The second kappa shape index (κ2) is 8.99. The van der Waals surface area contributed by atoms with Gasteiger partial charge in [0.05, 0.1) is 18.4 Å². The summed E-state index contributed by atoms with van der Waals surface area (Å²) in [6.45, 7) is 5.73. The first-order valence-corrected chi connectivity index (χ1v) is 11.4. The number of ether oxygens (including phenoxy) is 3. The molecule has 31 heavy (non-hydrogen) atoms. The number of hydrogen-bond donors (Lipinski definition) is 0. The van der Waals surface area contributed by atoms with E-state index in [0.29, 0.717) is 11.4 Å². The lowest BCUT2D eigenvalue weighted by Gasteiger charge is -2.41. The van der Waals surface area contributed by atoms with Gasteiger partial charge in [0, 0.05) is 12.1 Å². The first-order valence-electron chi connectivity index (χ1n) is 11.4. The summed E-state index contributed by atoms with van der Waals surface area (Å²) in [5.74, 6) is 0.368. The third-order valence-electron chi connectivity index (χ3n) is 6.37. The smallest absolute Gasteiger partial charge is 0.410 e. The number of carbonyl (C=O) groups is 1. The second-order valence-corrected chi connectivity index (χ2v) is 9.87. The molecule has 1 aliphatic carbocycles. The Hall–Kier alpha value is -2.40. The van der Waals surface area contributed by atoms with Gasteiger partial charge in [-0.1, -0.05) is 0 Å². The molecule has 2 bridgehead atoms. The maximum absolute atomic E-state index is 12.6. The molecule has 0 aromatic carbocycles. The number of carbonyl (C=O) groups excluding carboxylic acids is 1. The van der Waals surface area contributed by atoms with Gasteiger partial charge in [0.25, 0.3) is 0 Å². The molecule has 0 radical (unpaired) electrons. The van der Waals surface area contributed by atoms with Crippen LogP contribution >= 0.6 is 0 Å². The Balaban J connectivity index is 1.25. The first kappa shape index (κ1) is 21.8. The first-order chi connectivity index (χ1) is 14.8. The minimum Gasteiger partial charge on any atom is -0.473 e. The second-order valence-electron chi connectivity index (χ2n) is 9.87. The maximum atomic E-state index is 12.6. The lowest BCUT2D eigenvalue weighted by atomic mass is 9.93. The van der Waals surface area contributed by atoms with E-state index in [4.69, 9.17) is 19.5 Å². The van der Waals surface area contributed by atoms with Crippen molar-refractivity contribution in [1.29, 1.82) is 5.26 Å². The number of piperidine rings is 1. The number of nitrogens with zero attached hydrogens (tertiary/aromatic N) is 4. The SMILES string of the molecule is CC(C)(C)OC(=O)N1[C@@H]2CC[C@H]1CC(OC1CCC(Oc3ncncc3C#N)CC1)C2. The number of rotatable bonds is 4. The van der Waals surface area contributed by atoms with E-state index in [2.05, 4.69) is 16.0 Å². The van der Waals surface area contributed by atoms with E-state index in [0.717, 1.165) is 51.4 Å². The van der Waals surface area contributed by atoms with Crippen LogP contribution in [0.5, 0.6) is 5.88 Å². The van der Waals surface area contributed by atoms with Crippen LogP contribution in [0.15, 0.2) is 12.5 Å². The van der Waals surface area contributed by atoms with Crippen LogP contribution in [0, 0.1) is 11.3 Å². The van der Waals surface area contributed by atoms with Crippen molar-refractivity contribution in [3.8, 4) is 11.9 Å². The zero-order valence-electron chi connectivity index (χ0n) is 18.6. The molecule has 4 rings (SSSR count). The molecule has 0 spiro atoms. The van der Waals surface area contributed by atoms with Gasteiger partial charge in [0.15, 0.2) is 0 Å². The van der Waals surface area contributed by atoms with Gasteiger partial charge in [0.2, 0.25) is 5.88 Å². The molecule has 168 valence electrons. The minimum absolute atomic E-state index is 0.0482. The monoisotopic (exact) mass is 428 g/mol. The molecule has 1 aromatic heterocycles. The largest absolute Gasteiger partial charge is 0.473 e. The number of amides is 1. The van der Waals surface area contributed by atoms with Crippen LogP contribution in [-0.2, 0) is 9.47 Å². The molecule has 1 amide bonds. The van der Waals surface area contributed by atoms with Crippen LogP contribution in [0.1, 0.15) is 77.7 Å². The highest BCUT2D eigenvalue weighted by Crippen LogP contribution is 2.39. The van der Waals surface area contributed by atoms with Gasteiger partial charge in [-0.05, 0) is 72.1 Å². The van der Waals surface area contributed by atoms with Crippen molar-refractivity contribution in [3.63, 3.8) is 0 Å². The van der Waals surface area contributed by atoms with E-state index in [1.54, 1.807) is 0 Å². The standard InChI is InChI=1S/C23H32N4O4/c1-23(2,3)31-22(28)27-16-4-5-17(27)11-20(10-16)29-18-6-8-19(9-7-18)30-21-15(12-24)13-25-14-26-21/h13-14,16-20H,4-11H2,1-3H3/t16-,17+,18?,19?,20?. The molecule has 3 aliphatic rings. The minimum atomic E-state index is -0.468. The van der Waals surface area contributed by atoms with Crippen molar-refractivity contribution >= 4 is 6.09 Å². The molecule has 1 unspecified atom stereocenters. The van der Waals surface area contributed by atoms with Crippen LogP contribution in [0.3, 0.4) is 0 Å². The highest BCUT2D eigenvalue weighted by Gasteiger charge is 2.45. The molecule has 2 saturated heterocycles. The van der Waals surface area contributed by atoms with Crippen LogP contribution in [0.25, 0.3) is 0 Å². The van der Waals surface area contributed by atoms with E-state index >= 15 is 0 Å². The zero-order valence-corrected chi connectivity index (χ0v) is 18.6. The molecule has 2 aliphatic heterocycles. The summed E-state index contributed by atoms with van der Waals surface area (Å²) in [6.07, 6.45) is 10.6. The molecule has 1 aromatic rings. The van der Waals surface area contributed by atoms with Gasteiger partial charge < -0.3 is 19.1 Å². The fourth-order valence-electron chi connectivity index (χ4n) is 5.06.